The van der Waals surface area contributed by atoms with Crippen molar-refractivity contribution in [3.63, 3.8) is 0 Å². The van der Waals surface area contributed by atoms with Crippen molar-refractivity contribution >= 4 is 5.97 Å². The number of esters is 1. The van der Waals surface area contributed by atoms with Gasteiger partial charge in [0.1, 0.15) is 0 Å². The summed E-state index contributed by atoms with van der Waals surface area (Å²) in [4.78, 5) is 10.9. The van der Waals surface area contributed by atoms with Crippen LogP contribution in [0.5, 0.6) is 0 Å². The Balaban J connectivity index is -0.000000275. The molecule has 0 unspecified atom stereocenters. The second-order valence-corrected chi connectivity index (χ2v) is 3.90. The van der Waals surface area contributed by atoms with Gasteiger partial charge in [-0.25, -0.2) is 4.79 Å². The molecule has 0 aliphatic carbocycles. The Morgan fingerprint density at radius 2 is 1.71 bits per heavy atom. The number of carbonyl (C=O) groups is 1. The van der Waals surface area contributed by atoms with Crippen LogP contribution in [0.15, 0.2) is 11.6 Å². The van der Waals surface area contributed by atoms with Crippen molar-refractivity contribution in [1.82, 2.24) is 5.32 Å². The van der Waals surface area contributed by atoms with Crippen molar-refractivity contribution in [3.8, 4) is 0 Å². The minimum absolute atomic E-state index is 0.234. The number of carbonyl (C=O) groups excluding carboxylic acids is 1. The van der Waals surface area contributed by atoms with Gasteiger partial charge in [0.25, 0.3) is 0 Å². The summed E-state index contributed by atoms with van der Waals surface area (Å²) in [6.07, 6.45) is 1.80. The lowest BCUT2D eigenvalue weighted by molar-refractivity contribution is -0.138. The fraction of sp³-hybridized carbons (Fsp3) is 0.786. The highest BCUT2D eigenvalue weighted by Crippen LogP contribution is 1.94. The molecule has 3 heteroatoms. The summed E-state index contributed by atoms with van der Waals surface area (Å²) >= 11 is 0. The summed E-state index contributed by atoms with van der Waals surface area (Å²) in [5, 5.41) is 2.91. The van der Waals surface area contributed by atoms with Crippen LogP contribution in [0.25, 0.3) is 0 Å². The SMILES string of the molecule is CC.CC(C)C.CCOC(=O)/C(C)=C/CNC. The molecule has 0 saturated carbocycles. The number of likely N-dealkylation sites (N-methyl/N-ethyl adjacent to an activating group) is 1. The van der Waals surface area contributed by atoms with Gasteiger partial charge in [-0.2, -0.15) is 0 Å². The minimum atomic E-state index is -0.234. The van der Waals surface area contributed by atoms with E-state index in [0.29, 0.717) is 18.7 Å². The monoisotopic (exact) mass is 245 g/mol. The van der Waals surface area contributed by atoms with E-state index in [4.69, 9.17) is 4.74 Å². The highest BCUT2D eigenvalue weighted by Gasteiger charge is 2.01. The van der Waals surface area contributed by atoms with Gasteiger partial charge in [-0.1, -0.05) is 40.7 Å². The third-order valence-corrected chi connectivity index (χ3v) is 1.21. The van der Waals surface area contributed by atoms with Gasteiger partial charge in [-0.15, -0.1) is 0 Å². The number of rotatable bonds is 4. The minimum Gasteiger partial charge on any atom is -0.463 e. The maximum Gasteiger partial charge on any atom is 0.333 e. The lowest BCUT2D eigenvalue weighted by atomic mass is 10.3. The molecule has 104 valence electrons. The molecule has 17 heavy (non-hydrogen) atoms. The third-order valence-electron chi connectivity index (χ3n) is 1.21. The molecule has 0 saturated heterocycles. The van der Waals surface area contributed by atoms with Crippen LogP contribution in [-0.2, 0) is 9.53 Å². The van der Waals surface area contributed by atoms with Gasteiger partial charge in [0.15, 0.2) is 0 Å². The summed E-state index contributed by atoms with van der Waals surface area (Å²) < 4.78 is 4.77. The quantitative estimate of drug-likeness (QED) is 0.609. The predicted octanol–water partition coefficient (Wildman–Crippen LogP) is 3.40. The molecular weight excluding hydrogens is 214 g/mol. The van der Waals surface area contributed by atoms with E-state index < -0.39 is 0 Å². The zero-order chi connectivity index (χ0) is 14.3. The Labute approximate surface area is 108 Å². The standard InChI is InChI=1S/C8H15NO2.C4H10.C2H6/c1-4-11-8(10)7(2)5-6-9-3;1-4(2)3;1-2/h5,9H,4,6H2,1-3H3;4H,1-3H3;1-2H3/b7-5+;;. The first-order chi connectivity index (χ1) is 7.95. The van der Waals surface area contributed by atoms with Crippen molar-refractivity contribution in [2.24, 2.45) is 5.92 Å². The first kappa shape index (κ1) is 21.5. The predicted molar refractivity (Wildman–Crippen MR) is 76.2 cm³/mol. The van der Waals surface area contributed by atoms with Crippen LogP contribution < -0.4 is 5.32 Å². The molecule has 0 amide bonds. The highest BCUT2D eigenvalue weighted by atomic mass is 16.5. The Bertz CT molecular complexity index is 184. The Kier molecular flexibility index (Phi) is 22.2. The topological polar surface area (TPSA) is 38.3 Å². The summed E-state index contributed by atoms with van der Waals surface area (Å²) in [5.74, 6) is 0.600. The van der Waals surface area contributed by atoms with Gasteiger partial charge >= 0.3 is 5.97 Å². The van der Waals surface area contributed by atoms with Crippen LogP contribution in [0.2, 0.25) is 0 Å². The first-order valence-corrected chi connectivity index (χ1v) is 6.44. The number of ether oxygens (including phenoxy) is 1. The molecule has 0 aromatic rings. The van der Waals surface area contributed by atoms with Crippen LogP contribution >= 0.6 is 0 Å². The van der Waals surface area contributed by atoms with Crippen molar-refractivity contribution in [1.29, 1.82) is 0 Å². The summed E-state index contributed by atoms with van der Waals surface area (Å²) in [6.45, 7) is 15.2. The largest absolute Gasteiger partial charge is 0.463 e. The van der Waals surface area contributed by atoms with Crippen molar-refractivity contribution < 1.29 is 9.53 Å². The molecule has 0 rings (SSSR count). The van der Waals surface area contributed by atoms with Crippen LogP contribution in [0.3, 0.4) is 0 Å². The lowest BCUT2D eigenvalue weighted by Crippen LogP contribution is -2.09. The molecule has 3 nitrogen and oxygen atoms in total. The molecule has 0 aromatic heterocycles. The van der Waals surface area contributed by atoms with Gasteiger partial charge in [-0.05, 0) is 26.8 Å². The van der Waals surface area contributed by atoms with Gasteiger partial charge in [0, 0.05) is 12.1 Å². The van der Waals surface area contributed by atoms with Crippen molar-refractivity contribution in [3.05, 3.63) is 11.6 Å². The summed E-state index contributed by atoms with van der Waals surface area (Å²) in [6, 6.07) is 0. The molecule has 0 aliphatic rings. The van der Waals surface area contributed by atoms with Crippen molar-refractivity contribution in [2.45, 2.75) is 48.5 Å². The number of hydrogen-bond donors (Lipinski definition) is 1. The number of hydrogen-bond acceptors (Lipinski definition) is 3. The van der Waals surface area contributed by atoms with E-state index in [1.165, 1.54) is 0 Å². The van der Waals surface area contributed by atoms with Crippen LogP contribution in [0, 0.1) is 5.92 Å². The molecule has 0 radical (unpaired) electrons. The second kappa shape index (κ2) is 17.6. The van der Waals surface area contributed by atoms with Crippen molar-refractivity contribution in [2.75, 3.05) is 20.2 Å². The van der Waals surface area contributed by atoms with Gasteiger partial charge in [-0.3, -0.25) is 0 Å². The molecule has 0 atom stereocenters. The fourth-order valence-electron chi connectivity index (χ4n) is 0.583. The molecule has 0 aliphatic heterocycles. The molecule has 0 fully saturated rings. The Hall–Kier alpha value is -0.830. The van der Waals surface area contributed by atoms with Crippen LogP contribution in [0.4, 0.5) is 0 Å². The average molecular weight is 245 g/mol. The first-order valence-electron chi connectivity index (χ1n) is 6.44. The summed E-state index contributed by atoms with van der Waals surface area (Å²) in [7, 11) is 1.83. The van der Waals surface area contributed by atoms with E-state index in [1.54, 1.807) is 19.9 Å². The fourth-order valence-corrected chi connectivity index (χ4v) is 0.583. The van der Waals surface area contributed by atoms with E-state index in [0.717, 1.165) is 5.92 Å². The molecule has 0 aromatic carbocycles. The zero-order valence-corrected chi connectivity index (χ0v) is 12.9. The highest BCUT2D eigenvalue weighted by molar-refractivity contribution is 5.87. The lowest BCUT2D eigenvalue weighted by Gasteiger charge is -2.00. The van der Waals surface area contributed by atoms with E-state index in [-0.39, 0.29) is 5.97 Å². The second-order valence-electron chi connectivity index (χ2n) is 3.90. The molecule has 0 bridgehead atoms. The third kappa shape index (κ3) is 25.4. The molecular formula is C14H31NO2. The van der Waals surface area contributed by atoms with Crippen LogP contribution in [0.1, 0.15) is 48.5 Å². The van der Waals surface area contributed by atoms with Gasteiger partial charge in [0.2, 0.25) is 0 Å². The average Bonchev–Trinajstić information content (AvgIpc) is 2.28. The normalized spacial score (nSPS) is 9.82. The maximum atomic E-state index is 10.9. The smallest absolute Gasteiger partial charge is 0.333 e. The van der Waals surface area contributed by atoms with E-state index in [2.05, 4.69) is 26.1 Å². The molecule has 0 spiro atoms. The number of nitrogens with one attached hydrogen (secondary N) is 1. The van der Waals surface area contributed by atoms with Gasteiger partial charge < -0.3 is 10.1 Å². The molecule has 1 N–H and O–H groups in total. The summed E-state index contributed by atoms with van der Waals surface area (Å²) in [5.41, 5.74) is 0.654. The zero-order valence-electron chi connectivity index (χ0n) is 12.9. The van der Waals surface area contributed by atoms with Crippen LogP contribution in [-0.4, -0.2) is 26.2 Å². The van der Waals surface area contributed by atoms with E-state index in [1.807, 2.05) is 20.9 Å². The van der Waals surface area contributed by atoms with E-state index in [9.17, 15) is 4.79 Å². The van der Waals surface area contributed by atoms with Gasteiger partial charge in [0.05, 0.1) is 6.61 Å². The molecule has 0 heterocycles. The Morgan fingerprint density at radius 1 is 1.29 bits per heavy atom. The Morgan fingerprint density at radius 3 is 2.00 bits per heavy atom. The maximum absolute atomic E-state index is 10.9. The van der Waals surface area contributed by atoms with E-state index >= 15 is 0 Å².